The molecule has 0 bridgehead atoms. The minimum Gasteiger partial charge on any atom is -0.465 e. The predicted octanol–water partition coefficient (Wildman–Crippen LogP) is 5.42. The molecule has 0 aliphatic rings. The maximum Gasteiger partial charge on any atom is 0.339 e. The van der Waals surface area contributed by atoms with Gasteiger partial charge in [-0.1, -0.05) is 41.4 Å². The molecule has 0 fully saturated rings. The Morgan fingerprint density at radius 3 is 2.31 bits per heavy atom. The predicted molar refractivity (Wildman–Crippen MR) is 128 cm³/mol. The Balaban J connectivity index is 1.68. The third kappa shape index (κ3) is 6.12. The van der Waals surface area contributed by atoms with E-state index in [0.29, 0.717) is 16.1 Å². The number of hydrogen-bond acceptors (Lipinski definition) is 5. The van der Waals surface area contributed by atoms with Crippen LogP contribution in [0.3, 0.4) is 0 Å². The molecule has 0 spiro atoms. The van der Waals surface area contributed by atoms with Crippen LogP contribution < -0.4 is 10.6 Å². The lowest BCUT2D eigenvalue weighted by Gasteiger charge is -2.11. The zero-order valence-electron chi connectivity index (χ0n) is 17.5. The third-order valence-corrected chi connectivity index (χ3v) is 5.86. The van der Waals surface area contributed by atoms with Crippen molar-refractivity contribution in [2.24, 2.45) is 0 Å². The molecule has 0 unspecified atom stereocenters. The van der Waals surface area contributed by atoms with Crippen LogP contribution >= 0.6 is 23.4 Å². The summed E-state index contributed by atoms with van der Waals surface area (Å²) in [6.07, 6.45) is 0. The molecular formula is C24H21ClN2O4S. The first kappa shape index (κ1) is 23.4. The van der Waals surface area contributed by atoms with E-state index in [2.05, 4.69) is 10.6 Å². The molecule has 8 heteroatoms. The standard InChI is InChI=1S/C24H21ClN2O4S/c1-15-7-9-16(10-8-15)26-22(28)14-32-21-6-4-3-5-18(21)23(29)27-17-11-12-20(25)19(13-17)24(30)31-2/h3-13H,14H2,1-2H3,(H,26,28)(H,27,29). The van der Waals surface area contributed by atoms with Gasteiger partial charge in [-0.2, -0.15) is 0 Å². The number of thioether (sulfide) groups is 1. The van der Waals surface area contributed by atoms with E-state index in [-0.39, 0.29) is 28.2 Å². The zero-order valence-corrected chi connectivity index (χ0v) is 19.0. The molecule has 0 radical (unpaired) electrons. The fourth-order valence-electron chi connectivity index (χ4n) is 2.83. The van der Waals surface area contributed by atoms with Crippen molar-refractivity contribution in [3.63, 3.8) is 0 Å². The van der Waals surface area contributed by atoms with E-state index >= 15 is 0 Å². The van der Waals surface area contributed by atoms with E-state index in [1.54, 1.807) is 30.3 Å². The van der Waals surface area contributed by atoms with Crippen LogP contribution in [0, 0.1) is 6.92 Å². The van der Waals surface area contributed by atoms with Crippen LogP contribution in [-0.4, -0.2) is 30.6 Å². The van der Waals surface area contributed by atoms with Crippen molar-refractivity contribution >= 4 is 52.5 Å². The van der Waals surface area contributed by atoms with E-state index in [9.17, 15) is 14.4 Å². The largest absolute Gasteiger partial charge is 0.465 e. The molecule has 0 saturated carbocycles. The smallest absolute Gasteiger partial charge is 0.339 e. The van der Waals surface area contributed by atoms with Crippen molar-refractivity contribution in [2.45, 2.75) is 11.8 Å². The Hall–Kier alpha value is -3.29. The molecule has 0 aromatic heterocycles. The van der Waals surface area contributed by atoms with Crippen molar-refractivity contribution in [3.05, 3.63) is 88.4 Å². The summed E-state index contributed by atoms with van der Waals surface area (Å²) in [6, 6.07) is 19.1. The van der Waals surface area contributed by atoms with Gasteiger partial charge in [0.2, 0.25) is 5.91 Å². The zero-order chi connectivity index (χ0) is 23.1. The molecule has 0 aliphatic carbocycles. The molecule has 0 heterocycles. The normalized spacial score (nSPS) is 10.3. The van der Waals surface area contributed by atoms with Crippen molar-refractivity contribution in [1.29, 1.82) is 0 Å². The Labute approximate surface area is 195 Å². The number of hydrogen-bond donors (Lipinski definition) is 2. The van der Waals surface area contributed by atoms with E-state index in [1.807, 2.05) is 31.2 Å². The van der Waals surface area contributed by atoms with Gasteiger partial charge in [-0.15, -0.1) is 11.8 Å². The summed E-state index contributed by atoms with van der Waals surface area (Å²) in [5.74, 6) is -0.993. The maximum atomic E-state index is 12.9. The lowest BCUT2D eigenvalue weighted by atomic mass is 10.1. The second-order valence-corrected chi connectivity index (χ2v) is 8.26. The molecule has 32 heavy (non-hydrogen) atoms. The number of carbonyl (C=O) groups is 3. The number of ether oxygens (including phenoxy) is 1. The van der Waals surface area contributed by atoms with E-state index < -0.39 is 5.97 Å². The second-order valence-electron chi connectivity index (χ2n) is 6.84. The highest BCUT2D eigenvalue weighted by molar-refractivity contribution is 8.00. The average Bonchev–Trinajstić information content (AvgIpc) is 2.80. The number of anilines is 2. The lowest BCUT2D eigenvalue weighted by Crippen LogP contribution is -2.16. The minimum atomic E-state index is -0.596. The van der Waals surface area contributed by atoms with Crippen LogP contribution in [-0.2, 0) is 9.53 Å². The molecule has 0 aliphatic heterocycles. The molecule has 3 aromatic carbocycles. The van der Waals surface area contributed by atoms with Crippen molar-refractivity contribution in [1.82, 2.24) is 0 Å². The summed E-state index contributed by atoms with van der Waals surface area (Å²) >= 11 is 7.29. The van der Waals surface area contributed by atoms with Crippen LogP contribution in [0.2, 0.25) is 5.02 Å². The highest BCUT2D eigenvalue weighted by Gasteiger charge is 2.16. The molecule has 3 aromatic rings. The molecule has 2 N–H and O–H groups in total. The lowest BCUT2D eigenvalue weighted by molar-refractivity contribution is -0.113. The van der Waals surface area contributed by atoms with Gasteiger partial charge >= 0.3 is 5.97 Å². The van der Waals surface area contributed by atoms with Crippen molar-refractivity contribution in [2.75, 3.05) is 23.5 Å². The number of halogens is 1. The number of carbonyl (C=O) groups excluding carboxylic acids is 3. The van der Waals surface area contributed by atoms with Gasteiger partial charge in [-0.25, -0.2) is 4.79 Å². The van der Waals surface area contributed by atoms with Crippen LogP contribution in [0.1, 0.15) is 26.3 Å². The third-order valence-electron chi connectivity index (χ3n) is 4.46. The summed E-state index contributed by atoms with van der Waals surface area (Å²) in [4.78, 5) is 37.7. The Kier molecular flexibility index (Phi) is 7.92. The Bertz CT molecular complexity index is 1150. The number of rotatable bonds is 7. The highest BCUT2D eigenvalue weighted by Crippen LogP contribution is 2.26. The molecule has 0 saturated heterocycles. The fraction of sp³-hybridized carbons (Fsp3) is 0.125. The first-order chi connectivity index (χ1) is 15.4. The highest BCUT2D eigenvalue weighted by atomic mass is 35.5. The fourth-order valence-corrected chi connectivity index (χ4v) is 3.87. The molecule has 0 atom stereocenters. The van der Waals surface area contributed by atoms with Gasteiger partial charge in [-0.3, -0.25) is 9.59 Å². The Morgan fingerprint density at radius 2 is 1.59 bits per heavy atom. The molecule has 3 rings (SSSR count). The first-order valence-electron chi connectivity index (χ1n) is 9.65. The molecule has 164 valence electrons. The van der Waals surface area contributed by atoms with Gasteiger partial charge in [0.25, 0.3) is 5.91 Å². The SMILES string of the molecule is COC(=O)c1cc(NC(=O)c2ccccc2SCC(=O)Nc2ccc(C)cc2)ccc1Cl. The molecule has 6 nitrogen and oxygen atoms in total. The van der Waals surface area contributed by atoms with Crippen molar-refractivity contribution < 1.29 is 19.1 Å². The van der Waals surface area contributed by atoms with Gasteiger partial charge in [-0.05, 0) is 49.4 Å². The number of esters is 1. The second kappa shape index (κ2) is 10.8. The molecule has 2 amide bonds. The monoisotopic (exact) mass is 468 g/mol. The molecular weight excluding hydrogens is 448 g/mol. The number of aryl methyl sites for hydroxylation is 1. The summed E-state index contributed by atoms with van der Waals surface area (Å²) < 4.78 is 4.71. The van der Waals surface area contributed by atoms with Gasteiger partial charge in [0.15, 0.2) is 0 Å². The summed E-state index contributed by atoms with van der Waals surface area (Å²) in [6.45, 7) is 1.98. The van der Waals surface area contributed by atoms with Gasteiger partial charge in [0, 0.05) is 16.3 Å². The first-order valence-corrected chi connectivity index (χ1v) is 11.0. The maximum absolute atomic E-state index is 12.9. The Morgan fingerprint density at radius 1 is 0.906 bits per heavy atom. The van der Waals surface area contributed by atoms with E-state index in [4.69, 9.17) is 16.3 Å². The summed E-state index contributed by atoms with van der Waals surface area (Å²) in [7, 11) is 1.26. The topological polar surface area (TPSA) is 84.5 Å². The number of benzene rings is 3. The summed E-state index contributed by atoms with van der Waals surface area (Å²) in [5.41, 5.74) is 2.79. The minimum absolute atomic E-state index is 0.144. The van der Waals surface area contributed by atoms with Crippen LogP contribution in [0.15, 0.2) is 71.6 Å². The number of nitrogens with one attached hydrogen (secondary N) is 2. The van der Waals surface area contributed by atoms with Crippen LogP contribution in [0.5, 0.6) is 0 Å². The summed E-state index contributed by atoms with van der Waals surface area (Å²) in [5, 5.41) is 5.82. The van der Waals surface area contributed by atoms with Gasteiger partial charge < -0.3 is 15.4 Å². The van der Waals surface area contributed by atoms with Crippen LogP contribution in [0.4, 0.5) is 11.4 Å². The number of amides is 2. The van der Waals surface area contributed by atoms with Gasteiger partial charge in [0.1, 0.15) is 0 Å². The number of methoxy groups -OCH3 is 1. The average molecular weight is 469 g/mol. The van der Waals surface area contributed by atoms with E-state index in [1.165, 1.54) is 31.0 Å². The quantitative estimate of drug-likeness (QED) is 0.357. The van der Waals surface area contributed by atoms with Crippen molar-refractivity contribution in [3.8, 4) is 0 Å². The van der Waals surface area contributed by atoms with E-state index in [0.717, 1.165) is 11.3 Å². The van der Waals surface area contributed by atoms with Crippen LogP contribution in [0.25, 0.3) is 0 Å². The van der Waals surface area contributed by atoms with Gasteiger partial charge in [0.05, 0.1) is 29.0 Å².